The predicted octanol–water partition coefficient (Wildman–Crippen LogP) is 5.69. The second-order valence-electron chi connectivity index (χ2n) is 14.8. The molecule has 3 aliphatic rings. The van der Waals surface area contributed by atoms with Crippen LogP contribution in [0.25, 0.3) is 33.4 Å². The van der Waals surface area contributed by atoms with Crippen LogP contribution >= 0.6 is 65.3 Å². The van der Waals surface area contributed by atoms with Gasteiger partial charge in [-0.15, -0.1) is 11.3 Å². The van der Waals surface area contributed by atoms with Crippen LogP contribution in [0, 0.1) is 11.3 Å². The summed E-state index contributed by atoms with van der Waals surface area (Å²) in [5.41, 5.74) is 9.61. The van der Waals surface area contributed by atoms with Gasteiger partial charge >= 0.3 is 5.97 Å². The highest BCUT2D eigenvalue weighted by molar-refractivity contribution is 7.59. The number of cyclic esters (lactones) is 1. The number of nitrogens with zero attached hydrogens (tertiary/aromatic N) is 4. The Morgan fingerprint density at radius 1 is 1.16 bits per heavy atom. The molecule has 4 atom stereocenters. The van der Waals surface area contributed by atoms with E-state index in [-0.39, 0.29) is 90.8 Å². The van der Waals surface area contributed by atoms with E-state index in [0.717, 1.165) is 56.2 Å². The quantitative estimate of drug-likeness (QED) is 0.235. The number of ether oxygens (including phenoxy) is 3. The number of fused-ring (bicyclic) bond motifs is 6. The summed E-state index contributed by atoms with van der Waals surface area (Å²) in [5, 5.41) is 8.31. The summed E-state index contributed by atoms with van der Waals surface area (Å²) < 4.78 is 19.6. The smallest absolute Gasteiger partial charge is 0.324 e. The highest BCUT2D eigenvalue weighted by atomic mass is 32.1. The van der Waals surface area contributed by atoms with Gasteiger partial charge in [-0.05, 0) is 69.4 Å². The topological polar surface area (TPSA) is 137 Å². The van der Waals surface area contributed by atoms with Gasteiger partial charge in [0.15, 0.2) is 0 Å². The Morgan fingerprint density at radius 2 is 1.95 bits per heavy atom. The maximum Gasteiger partial charge on any atom is 0.324 e. The number of rotatable bonds is 6. The zero-order valence-corrected chi connectivity index (χ0v) is 37.4. The maximum atomic E-state index is 14.1. The average molecular weight is 865 g/mol. The van der Waals surface area contributed by atoms with Crippen LogP contribution in [0.4, 0.5) is 0 Å². The molecule has 0 aliphatic carbocycles. The number of carbonyl (C=O) groups excluding carboxylic acids is 3. The molecule has 3 aliphatic heterocycles. The van der Waals surface area contributed by atoms with Crippen molar-refractivity contribution in [3.63, 3.8) is 0 Å². The standard InChI is InChI=1S/C39H48N6O6S.4H2S/c1-6-44-32-12-11-24-17-27(32)28(35(44)26-9-7-14-40-34(26)23(2)49-5)19-39(3,4)22-51-38(48)29-10-8-15-45(43-29)37(47)30(18-33-41-31(24)21-52-33)42-36(46)25-13-16-50-20-25;;;;/h7,9,11-12,14,17,21,23,25,29-30,43H,6,8,10,13,15-16,18-20,22H2,1-5H3,(H,42,46);4*1H2/t23-,25-,29-,30-;;;;/m0..../s1. The first-order valence-corrected chi connectivity index (χ1v) is 19.1. The fraction of sp³-hybridized carbons (Fsp3) is 0.513. The molecule has 0 spiro atoms. The van der Waals surface area contributed by atoms with Gasteiger partial charge in [0.2, 0.25) is 5.91 Å². The second-order valence-corrected chi connectivity index (χ2v) is 15.8. The molecule has 6 heterocycles. The lowest BCUT2D eigenvalue weighted by atomic mass is 9.84. The normalized spacial score (nSPS) is 21.3. The lowest BCUT2D eigenvalue weighted by Gasteiger charge is -2.35. The van der Waals surface area contributed by atoms with E-state index in [0.29, 0.717) is 45.4 Å². The summed E-state index contributed by atoms with van der Waals surface area (Å²) in [6, 6.07) is 8.96. The Kier molecular flexibility index (Phi) is 17.2. The Balaban J connectivity index is 0.00000210. The summed E-state index contributed by atoms with van der Waals surface area (Å²) in [6.07, 6.45) is 4.18. The average Bonchev–Trinajstić information content (AvgIpc) is 3.93. The largest absolute Gasteiger partial charge is 0.464 e. The van der Waals surface area contributed by atoms with Crippen LogP contribution in [0.2, 0.25) is 0 Å². The highest BCUT2D eigenvalue weighted by Crippen LogP contribution is 2.42. The van der Waals surface area contributed by atoms with Crippen molar-refractivity contribution in [3.8, 4) is 22.5 Å². The number of benzene rings is 1. The number of aryl methyl sites for hydroxylation is 1. The van der Waals surface area contributed by atoms with Gasteiger partial charge in [0.05, 0.1) is 47.3 Å². The van der Waals surface area contributed by atoms with Crippen molar-refractivity contribution in [3.05, 3.63) is 58.2 Å². The number of thiazole rings is 1. The first-order chi connectivity index (χ1) is 25.1. The molecule has 0 unspecified atom stereocenters. The molecule has 2 N–H and O–H groups in total. The third-order valence-corrected chi connectivity index (χ3v) is 11.3. The minimum Gasteiger partial charge on any atom is -0.464 e. The van der Waals surface area contributed by atoms with Crippen LogP contribution in [-0.2, 0) is 48.0 Å². The SMILES string of the molecule is CCn1c(-c2cccnc2[C@H](C)OC)c2c3cc(ccc31)-c1csc(n1)C[C@H](NC(=O)[C@H]1CCOC1)C(=O)N1CCC[C@H](N1)C(=O)OCC(C)(C)C2.S.S.S.S. The third-order valence-electron chi connectivity index (χ3n) is 10.5. The molecule has 56 heavy (non-hydrogen) atoms. The summed E-state index contributed by atoms with van der Waals surface area (Å²) in [6.45, 7) is 10.6. The van der Waals surface area contributed by atoms with Crippen molar-refractivity contribution in [2.45, 2.75) is 84.5 Å². The number of carbonyl (C=O) groups is 3. The lowest BCUT2D eigenvalue weighted by Crippen LogP contribution is -2.60. The number of esters is 1. The van der Waals surface area contributed by atoms with E-state index in [9.17, 15) is 14.4 Å². The molecule has 17 heteroatoms. The van der Waals surface area contributed by atoms with Gasteiger partial charge in [0, 0.05) is 72.2 Å². The summed E-state index contributed by atoms with van der Waals surface area (Å²) in [5.74, 6) is -1.23. The molecule has 2 amide bonds. The maximum absolute atomic E-state index is 14.1. The van der Waals surface area contributed by atoms with Crippen molar-refractivity contribution in [1.29, 1.82) is 0 Å². The van der Waals surface area contributed by atoms with Crippen molar-refractivity contribution in [2.24, 2.45) is 11.3 Å². The highest BCUT2D eigenvalue weighted by Gasteiger charge is 2.36. The predicted molar refractivity (Wildman–Crippen MR) is 240 cm³/mol. The van der Waals surface area contributed by atoms with Crippen molar-refractivity contribution >= 4 is 94.0 Å². The van der Waals surface area contributed by atoms with E-state index in [1.807, 2.05) is 18.4 Å². The second kappa shape index (κ2) is 20.3. The van der Waals surface area contributed by atoms with E-state index < -0.39 is 23.5 Å². The molecule has 0 radical (unpaired) electrons. The molecule has 7 rings (SSSR count). The summed E-state index contributed by atoms with van der Waals surface area (Å²) >= 11 is 1.47. The van der Waals surface area contributed by atoms with Gasteiger partial charge in [-0.25, -0.2) is 10.4 Å². The number of pyridine rings is 1. The Bertz CT molecular complexity index is 1980. The molecule has 4 aromatic rings. The van der Waals surface area contributed by atoms with Gasteiger partial charge < -0.3 is 24.1 Å². The first kappa shape index (κ1) is 47.6. The van der Waals surface area contributed by atoms with Crippen LogP contribution in [0.3, 0.4) is 0 Å². The van der Waals surface area contributed by atoms with Gasteiger partial charge in [-0.2, -0.15) is 54.0 Å². The lowest BCUT2D eigenvalue weighted by molar-refractivity contribution is -0.155. The van der Waals surface area contributed by atoms with Crippen molar-refractivity contribution < 1.29 is 28.6 Å². The Labute approximate surface area is 361 Å². The van der Waals surface area contributed by atoms with Crippen molar-refractivity contribution in [2.75, 3.05) is 33.5 Å². The van der Waals surface area contributed by atoms with Crippen LogP contribution < -0.4 is 10.7 Å². The first-order valence-electron chi connectivity index (χ1n) is 18.3. The zero-order valence-electron chi connectivity index (χ0n) is 32.6. The number of nitrogens with one attached hydrogen (secondary N) is 2. The monoisotopic (exact) mass is 864 g/mol. The van der Waals surface area contributed by atoms with Gasteiger partial charge in [-0.3, -0.25) is 24.4 Å². The van der Waals surface area contributed by atoms with Gasteiger partial charge in [-0.1, -0.05) is 19.9 Å². The van der Waals surface area contributed by atoms with E-state index >= 15 is 0 Å². The van der Waals surface area contributed by atoms with Gasteiger partial charge in [0.1, 0.15) is 12.1 Å². The van der Waals surface area contributed by atoms with E-state index in [2.05, 4.69) is 60.3 Å². The molecule has 12 nitrogen and oxygen atoms in total. The molecular formula is C39H56N6O6S5. The van der Waals surface area contributed by atoms with Crippen LogP contribution in [0.15, 0.2) is 41.9 Å². The molecule has 2 fully saturated rings. The third kappa shape index (κ3) is 9.91. The molecule has 308 valence electrons. The van der Waals surface area contributed by atoms with E-state index in [1.54, 1.807) is 13.3 Å². The fourth-order valence-corrected chi connectivity index (χ4v) is 8.45. The number of methoxy groups -OCH3 is 1. The zero-order chi connectivity index (χ0) is 36.6. The van der Waals surface area contributed by atoms with Crippen LogP contribution in [0.1, 0.15) is 69.3 Å². The number of hydrazine groups is 1. The molecule has 0 saturated carbocycles. The van der Waals surface area contributed by atoms with E-state index in [1.165, 1.54) is 16.3 Å². The fourth-order valence-electron chi connectivity index (χ4n) is 7.59. The molecule has 6 bridgehead atoms. The minimum absolute atomic E-state index is 0. The summed E-state index contributed by atoms with van der Waals surface area (Å²) in [4.78, 5) is 50.8. The Hall–Kier alpha value is -2.77. The summed E-state index contributed by atoms with van der Waals surface area (Å²) in [7, 11) is 1.70. The molecule has 2 saturated heterocycles. The number of aromatic nitrogens is 3. The number of amides is 2. The Morgan fingerprint density at radius 3 is 2.66 bits per heavy atom. The number of hydrogen-bond acceptors (Lipinski definition) is 10. The van der Waals surface area contributed by atoms with Crippen molar-refractivity contribution in [1.82, 2.24) is 30.3 Å². The number of hydrogen-bond donors (Lipinski definition) is 2. The van der Waals surface area contributed by atoms with E-state index in [4.69, 9.17) is 24.2 Å². The molecule has 1 aromatic carbocycles. The molecule has 3 aromatic heterocycles. The minimum atomic E-state index is -0.870. The van der Waals surface area contributed by atoms with Crippen LogP contribution in [0.5, 0.6) is 0 Å². The van der Waals surface area contributed by atoms with Crippen LogP contribution in [-0.4, -0.2) is 82.9 Å². The van der Waals surface area contributed by atoms with Gasteiger partial charge in [0.25, 0.3) is 5.91 Å². The molecular weight excluding hydrogens is 809 g/mol.